The molecule has 128 valence electrons. The lowest BCUT2D eigenvalue weighted by molar-refractivity contribution is -0.131. The van der Waals surface area contributed by atoms with E-state index in [2.05, 4.69) is 17.4 Å². The zero-order chi connectivity index (χ0) is 16.7. The Labute approximate surface area is 137 Å². The zero-order valence-electron chi connectivity index (χ0n) is 14.1. The number of nitrogens with one attached hydrogen (secondary N) is 1. The van der Waals surface area contributed by atoms with Crippen molar-refractivity contribution in [2.24, 2.45) is 0 Å². The van der Waals surface area contributed by atoms with Crippen molar-refractivity contribution in [1.82, 2.24) is 15.4 Å². The number of amides is 2. The third-order valence-electron chi connectivity index (χ3n) is 4.45. The van der Waals surface area contributed by atoms with E-state index in [4.69, 9.17) is 4.52 Å². The van der Waals surface area contributed by atoms with Crippen molar-refractivity contribution in [2.45, 2.75) is 58.3 Å². The van der Waals surface area contributed by atoms with E-state index in [-0.39, 0.29) is 23.5 Å². The number of carbonyl (C=O) groups excluding carboxylic acids is 2. The van der Waals surface area contributed by atoms with E-state index < -0.39 is 0 Å². The molecule has 1 atom stereocenters. The van der Waals surface area contributed by atoms with Gasteiger partial charge in [0.05, 0.1) is 5.69 Å². The van der Waals surface area contributed by atoms with Gasteiger partial charge in [-0.2, -0.15) is 0 Å². The minimum absolute atomic E-state index is 0.116. The first kappa shape index (κ1) is 17.5. The Morgan fingerprint density at radius 2 is 2.00 bits per heavy atom. The summed E-state index contributed by atoms with van der Waals surface area (Å²) >= 11 is 0. The molecule has 0 saturated carbocycles. The van der Waals surface area contributed by atoms with E-state index in [0.717, 1.165) is 38.0 Å². The van der Waals surface area contributed by atoms with Crippen LogP contribution in [0.4, 0.5) is 0 Å². The maximum absolute atomic E-state index is 12.1. The van der Waals surface area contributed by atoms with Crippen molar-refractivity contribution < 1.29 is 14.1 Å². The predicted molar refractivity (Wildman–Crippen MR) is 87.2 cm³/mol. The number of carbonyl (C=O) groups is 2. The third-order valence-corrected chi connectivity index (χ3v) is 4.45. The molecule has 0 spiro atoms. The van der Waals surface area contributed by atoms with Crippen LogP contribution in [0.15, 0.2) is 10.6 Å². The third kappa shape index (κ3) is 5.08. The van der Waals surface area contributed by atoms with Crippen LogP contribution in [0.5, 0.6) is 0 Å². The number of hydrogen-bond acceptors (Lipinski definition) is 4. The van der Waals surface area contributed by atoms with Crippen molar-refractivity contribution in [3.05, 3.63) is 17.5 Å². The van der Waals surface area contributed by atoms with Gasteiger partial charge in [0.1, 0.15) is 0 Å². The molecule has 2 amide bonds. The molecule has 0 radical (unpaired) electrons. The van der Waals surface area contributed by atoms with Crippen LogP contribution in [0.25, 0.3) is 0 Å². The smallest absolute Gasteiger partial charge is 0.289 e. The lowest BCUT2D eigenvalue weighted by Crippen LogP contribution is -2.35. The fraction of sp³-hybridized carbons (Fsp3) is 0.706. The highest BCUT2D eigenvalue weighted by Gasteiger charge is 2.18. The van der Waals surface area contributed by atoms with Crippen LogP contribution in [0, 0.1) is 0 Å². The van der Waals surface area contributed by atoms with E-state index in [9.17, 15) is 9.59 Å². The molecule has 23 heavy (non-hydrogen) atoms. The molecule has 6 nitrogen and oxygen atoms in total. The number of aromatic nitrogens is 1. The van der Waals surface area contributed by atoms with Crippen LogP contribution in [-0.2, 0) is 4.79 Å². The molecule has 2 rings (SSSR count). The first-order valence-corrected chi connectivity index (χ1v) is 8.64. The molecule has 1 aliphatic rings. The van der Waals surface area contributed by atoms with Crippen LogP contribution in [0.3, 0.4) is 0 Å². The molecular weight excluding hydrogens is 294 g/mol. The summed E-state index contributed by atoms with van der Waals surface area (Å²) < 4.78 is 5.08. The Hall–Kier alpha value is -1.85. The normalized spacial score (nSPS) is 16.7. The van der Waals surface area contributed by atoms with Gasteiger partial charge in [-0.05, 0) is 19.3 Å². The lowest BCUT2D eigenvalue weighted by atomic mass is 10.1. The molecule has 6 heteroatoms. The van der Waals surface area contributed by atoms with Gasteiger partial charge in [-0.1, -0.05) is 31.8 Å². The van der Waals surface area contributed by atoms with Crippen LogP contribution < -0.4 is 5.32 Å². The number of hydrogen-bond donors (Lipinski definition) is 1. The summed E-state index contributed by atoms with van der Waals surface area (Å²) in [7, 11) is 0. The monoisotopic (exact) mass is 321 g/mol. The highest BCUT2D eigenvalue weighted by molar-refractivity contribution is 5.91. The molecule has 2 heterocycles. The van der Waals surface area contributed by atoms with Gasteiger partial charge >= 0.3 is 0 Å². The fourth-order valence-corrected chi connectivity index (χ4v) is 2.69. The molecule has 0 aliphatic carbocycles. The van der Waals surface area contributed by atoms with Crippen molar-refractivity contribution in [3.8, 4) is 0 Å². The highest BCUT2D eigenvalue weighted by Crippen LogP contribution is 2.18. The number of likely N-dealkylation sites (tertiary alicyclic amines) is 1. The van der Waals surface area contributed by atoms with Crippen molar-refractivity contribution in [2.75, 3.05) is 19.6 Å². The second kappa shape index (κ2) is 8.70. The fourth-order valence-electron chi connectivity index (χ4n) is 2.69. The van der Waals surface area contributed by atoms with Gasteiger partial charge in [-0.15, -0.1) is 0 Å². The molecular formula is C17H27N3O3. The maximum Gasteiger partial charge on any atom is 0.289 e. The summed E-state index contributed by atoms with van der Waals surface area (Å²) in [4.78, 5) is 26.1. The molecule has 0 unspecified atom stereocenters. The largest absolute Gasteiger partial charge is 0.351 e. The average molecular weight is 321 g/mol. The van der Waals surface area contributed by atoms with Crippen LogP contribution in [0.2, 0.25) is 0 Å². The Bertz CT molecular complexity index is 519. The Balaban J connectivity index is 1.75. The second-order valence-electron chi connectivity index (χ2n) is 6.23. The Kier molecular flexibility index (Phi) is 6.62. The van der Waals surface area contributed by atoms with E-state index in [1.54, 1.807) is 6.07 Å². The van der Waals surface area contributed by atoms with E-state index >= 15 is 0 Å². The summed E-state index contributed by atoms with van der Waals surface area (Å²) in [5.41, 5.74) is 0.790. The molecule has 0 aromatic carbocycles. The predicted octanol–water partition coefficient (Wildman–Crippen LogP) is 2.71. The van der Waals surface area contributed by atoms with Gasteiger partial charge < -0.3 is 14.7 Å². The van der Waals surface area contributed by atoms with Crippen LogP contribution in [0.1, 0.15) is 74.5 Å². The van der Waals surface area contributed by atoms with Gasteiger partial charge in [0.2, 0.25) is 11.7 Å². The maximum atomic E-state index is 12.1. The summed E-state index contributed by atoms with van der Waals surface area (Å²) in [6.07, 6.45) is 5.83. The molecule has 1 aromatic rings. The minimum atomic E-state index is -0.310. The lowest BCUT2D eigenvalue weighted by Gasteiger charge is -2.20. The summed E-state index contributed by atoms with van der Waals surface area (Å²) in [5, 5.41) is 6.66. The van der Waals surface area contributed by atoms with Crippen molar-refractivity contribution in [1.29, 1.82) is 0 Å². The van der Waals surface area contributed by atoms with Crippen LogP contribution in [-0.4, -0.2) is 41.5 Å². The average Bonchev–Trinajstić information content (AvgIpc) is 2.89. The molecule has 1 aliphatic heterocycles. The first-order chi connectivity index (χ1) is 11.1. The van der Waals surface area contributed by atoms with Crippen LogP contribution >= 0.6 is 0 Å². The van der Waals surface area contributed by atoms with E-state index in [1.807, 2.05) is 11.8 Å². The number of nitrogens with zero attached hydrogens (tertiary/aromatic N) is 2. The standard InChI is InChI=1S/C17H27N3O3/c1-3-13(2)14-12-15(23-19-14)17(22)18-9-8-16(21)20-10-6-4-5-7-11-20/h12-13H,3-11H2,1-2H3,(H,18,22)/t13-/m0/s1. The number of rotatable bonds is 6. The van der Waals surface area contributed by atoms with Crippen molar-refractivity contribution >= 4 is 11.8 Å². The SMILES string of the molecule is CC[C@H](C)c1cc(C(=O)NCCC(=O)N2CCCCCC2)on1. The Morgan fingerprint density at radius 1 is 1.30 bits per heavy atom. The molecule has 1 aromatic heterocycles. The molecule has 1 fully saturated rings. The second-order valence-corrected chi connectivity index (χ2v) is 6.23. The van der Waals surface area contributed by atoms with Gasteiger partial charge in [-0.3, -0.25) is 9.59 Å². The zero-order valence-corrected chi connectivity index (χ0v) is 14.1. The van der Waals surface area contributed by atoms with Gasteiger partial charge in [0.25, 0.3) is 5.91 Å². The van der Waals surface area contributed by atoms with E-state index in [0.29, 0.717) is 13.0 Å². The first-order valence-electron chi connectivity index (χ1n) is 8.64. The highest BCUT2D eigenvalue weighted by atomic mass is 16.5. The quantitative estimate of drug-likeness (QED) is 0.874. The Morgan fingerprint density at radius 3 is 2.65 bits per heavy atom. The molecule has 1 saturated heterocycles. The summed E-state index contributed by atoms with van der Waals surface area (Å²) in [6.45, 7) is 6.11. The van der Waals surface area contributed by atoms with Crippen molar-refractivity contribution in [3.63, 3.8) is 0 Å². The summed E-state index contributed by atoms with van der Waals surface area (Å²) in [6, 6.07) is 1.68. The van der Waals surface area contributed by atoms with Gasteiger partial charge in [0, 0.05) is 38.0 Å². The minimum Gasteiger partial charge on any atom is -0.351 e. The molecule has 0 bridgehead atoms. The van der Waals surface area contributed by atoms with Gasteiger partial charge in [0.15, 0.2) is 0 Å². The summed E-state index contributed by atoms with van der Waals surface area (Å²) in [5.74, 6) is 0.285. The topological polar surface area (TPSA) is 75.4 Å². The van der Waals surface area contributed by atoms with Gasteiger partial charge in [-0.25, -0.2) is 0 Å². The van der Waals surface area contributed by atoms with E-state index in [1.165, 1.54) is 12.8 Å². The molecule has 1 N–H and O–H groups in total.